The van der Waals surface area contributed by atoms with Crippen LogP contribution in [0.15, 0.2) is 30.3 Å². The molecule has 1 aromatic carbocycles. The van der Waals surface area contributed by atoms with Gasteiger partial charge >= 0.3 is 19.7 Å². The van der Waals surface area contributed by atoms with Crippen LogP contribution in [0.2, 0.25) is 0 Å². The molecule has 9 heteroatoms. The molecule has 1 amide bonds. The summed E-state index contributed by atoms with van der Waals surface area (Å²) < 4.78 is 33.8. The Kier molecular flexibility index (Phi) is 8.96. The predicted molar refractivity (Wildman–Crippen MR) is 100 cm³/mol. The minimum atomic E-state index is -4.01. The molecule has 1 aromatic rings. The highest BCUT2D eigenvalue weighted by molar-refractivity contribution is 7.55. The van der Waals surface area contributed by atoms with Crippen LogP contribution >= 0.6 is 7.60 Å². The van der Waals surface area contributed by atoms with Crippen LogP contribution in [-0.2, 0) is 34.5 Å². The van der Waals surface area contributed by atoms with Crippen LogP contribution in [0.25, 0.3) is 0 Å². The lowest BCUT2D eigenvalue weighted by Gasteiger charge is -2.27. The molecular weight excluding hydrogens is 373 g/mol. The monoisotopic (exact) mass is 401 g/mol. The van der Waals surface area contributed by atoms with E-state index < -0.39 is 31.0 Å². The summed E-state index contributed by atoms with van der Waals surface area (Å²) in [6.07, 6.45) is -0.927. The maximum Gasteiger partial charge on any atom is 0.408 e. The third kappa shape index (κ3) is 8.12. The summed E-state index contributed by atoms with van der Waals surface area (Å²) in [6.45, 7) is 8.20. The minimum Gasteiger partial charge on any atom is -0.459 e. The van der Waals surface area contributed by atoms with Crippen LogP contribution in [0.4, 0.5) is 4.79 Å². The second-order valence-electron chi connectivity index (χ2n) is 6.52. The third-order valence-electron chi connectivity index (χ3n) is 3.03. The Morgan fingerprint density at radius 3 is 2.11 bits per heavy atom. The van der Waals surface area contributed by atoms with E-state index in [9.17, 15) is 14.2 Å². The van der Waals surface area contributed by atoms with E-state index >= 15 is 0 Å². The summed E-state index contributed by atoms with van der Waals surface area (Å²) >= 11 is 0. The molecule has 0 heterocycles. The Hall–Kier alpha value is -1.89. The van der Waals surface area contributed by atoms with Crippen molar-refractivity contribution in [1.82, 2.24) is 5.32 Å². The summed E-state index contributed by atoms with van der Waals surface area (Å²) in [5.74, 6) is -2.58. The normalized spacial score (nSPS) is 12.9. The highest BCUT2D eigenvalue weighted by Gasteiger charge is 2.44. The van der Waals surface area contributed by atoms with E-state index in [1.807, 2.05) is 6.07 Å². The Bertz CT molecular complexity index is 647. The van der Waals surface area contributed by atoms with Crippen LogP contribution < -0.4 is 5.32 Å². The van der Waals surface area contributed by atoms with Crippen molar-refractivity contribution in [2.75, 3.05) is 13.2 Å². The molecule has 1 atom stereocenters. The van der Waals surface area contributed by atoms with Crippen molar-refractivity contribution >= 4 is 19.7 Å². The molecule has 0 spiro atoms. The Morgan fingerprint density at radius 2 is 1.63 bits per heavy atom. The molecule has 1 unspecified atom stereocenters. The number of rotatable bonds is 9. The number of carbonyl (C=O) groups excluding carboxylic acids is 2. The molecular formula is C18H28NO7P. The van der Waals surface area contributed by atoms with Gasteiger partial charge in [0.25, 0.3) is 0 Å². The average molecular weight is 401 g/mol. The number of hydrogen-bond acceptors (Lipinski definition) is 7. The van der Waals surface area contributed by atoms with Crippen molar-refractivity contribution < 1.29 is 32.7 Å². The number of amides is 1. The van der Waals surface area contributed by atoms with Crippen molar-refractivity contribution in [2.45, 2.75) is 52.6 Å². The molecule has 0 aliphatic rings. The third-order valence-corrected chi connectivity index (χ3v) is 5.24. The van der Waals surface area contributed by atoms with Crippen molar-refractivity contribution in [3.8, 4) is 0 Å². The second-order valence-corrected chi connectivity index (χ2v) is 8.63. The van der Waals surface area contributed by atoms with Crippen LogP contribution in [0, 0.1) is 0 Å². The van der Waals surface area contributed by atoms with Crippen molar-refractivity contribution in [2.24, 2.45) is 0 Å². The second kappa shape index (κ2) is 10.4. The summed E-state index contributed by atoms with van der Waals surface area (Å²) in [6, 6.07) is 8.97. The molecule has 0 aliphatic carbocycles. The summed E-state index contributed by atoms with van der Waals surface area (Å²) in [4.78, 5) is 24.7. The SMILES string of the molecule is CCOP(=O)(OCC)C(NC(=O)OC(C)(C)C)C(=O)OCc1ccccc1. The summed E-state index contributed by atoms with van der Waals surface area (Å²) in [5, 5.41) is 2.27. The summed E-state index contributed by atoms with van der Waals surface area (Å²) in [5.41, 5.74) is -0.0615. The first-order chi connectivity index (χ1) is 12.6. The van der Waals surface area contributed by atoms with Gasteiger partial charge in [-0.3, -0.25) is 9.88 Å². The number of carbonyl (C=O) groups is 2. The number of nitrogens with one attached hydrogen (secondary N) is 1. The fourth-order valence-corrected chi connectivity index (χ4v) is 3.73. The van der Waals surface area contributed by atoms with Crippen LogP contribution in [0.3, 0.4) is 0 Å². The van der Waals surface area contributed by atoms with Crippen molar-refractivity contribution in [3.63, 3.8) is 0 Å². The molecule has 27 heavy (non-hydrogen) atoms. The van der Waals surface area contributed by atoms with E-state index in [0.29, 0.717) is 0 Å². The van der Waals surface area contributed by atoms with Gasteiger partial charge in [0, 0.05) is 0 Å². The van der Waals surface area contributed by atoms with Gasteiger partial charge in [0.1, 0.15) is 12.2 Å². The largest absolute Gasteiger partial charge is 0.459 e. The minimum absolute atomic E-state index is 0.0236. The van der Waals surface area contributed by atoms with Gasteiger partial charge in [-0.15, -0.1) is 0 Å². The molecule has 8 nitrogen and oxygen atoms in total. The fourth-order valence-electron chi connectivity index (χ4n) is 2.04. The summed E-state index contributed by atoms with van der Waals surface area (Å²) in [7, 11) is -4.01. The molecule has 152 valence electrons. The zero-order valence-electron chi connectivity index (χ0n) is 16.4. The average Bonchev–Trinajstić information content (AvgIpc) is 2.57. The van der Waals surface area contributed by atoms with Gasteiger partial charge < -0.3 is 18.5 Å². The Balaban J connectivity index is 2.98. The number of alkyl carbamates (subject to hydrolysis) is 1. The van der Waals surface area contributed by atoms with E-state index in [2.05, 4.69) is 5.32 Å². The van der Waals surface area contributed by atoms with E-state index in [1.54, 1.807) is 58.9 Å². The van der Waals surface area contributed by atoms with Gasteiger partial charge in [-0.05, 0) is 40.2 Å². The lowest BCUT2D eigenvalue weighted by Crippen LogP contribution is -2.44. The molecule has 0 fully saturated rings. The molecule has 1 N–H and O–H groups in total. The first-order valence-corrected chi connectivity index (χ1v) is 10.3. The van der Waals surface area contributed by atoms with Gasteiger partial charge in [0.2, 0.25) is 5.78 Å². The van der Waals surface area contributed by atoms with E-state index in [4.69, 9.17) is 18.5 Å². The fraction of sp³-hybridized carbons (Fsp3) is 0.556. The number of hydrogen-bond donors (Lipinski definition) is 1. The lowest BCUT2D eigenvalue weighted by atomic mass is 10.2. The first kappa shape index (κ1) is 23.1. The number of benzene rings is 1. The standard InChI is InChI=1S/C18H28NO7P/c1-6-24-27(22,25-7-2)15(19-17(21)26-18(3,4)5)16(20)23-13-14-11-9-8-10-12-14/h8-12,15H,6-7,13H2,1-5H3,(H,19,21). The van der Waals surface area contributed by atoms with E-state index in [1.165, 1.54) is 0 Å². The quantitative estimate of drug-likeness (QED) is 0.495. The first-order valence-electron chi connectivity index (χ1n) is 8.70. The van der Waals surface area contributed by atoms with Crippen LogP contribution in [0.1, 0.15) is 40.2 Å². The van der Waals surface area contributed by atoms with Crippen LogP contribution in [-0.4, -0.2) is 36.7 Å². The highest BCUT2D eigenvalue weighted by Crippen LogP contribution is 2.52. The van der Waals surface area contributed by atoms with Gasteiger partial charge in [0.15, 0.2) is 0 Å². The van der Waals surface area contributed by atoms with Gasteiger partial charge in [-0.25, -0.2) is 9.59 Å². The Labute approximate surface area is 160 Å². The molecule has 0 aliphatic heterocycles. The number of esters is 1. The van der Waals surface area contributed by atoms with Crippen molar-refractivity contribution in [1.29, 1.82) is 0 Å². The number of ether oxygens (including phenoxy) is 2. The van der Waals surface area contributed by atoms with Crippen LogP contribution in [0.5, 0.6) is 0 Å². The van der Waals surface area contributed by atoms with Gasteiger partial charge in [0.05, 0.1) is 13.2 Å². The molecule has 0 saturated heterocycles. The zero-order valence-corrected chi connectivity index (χ0v) is 17.3. The van der Waals surface area contributed by atoms with Crippen molar-refractivity contribution in [3.05, 3.63) is 35.9 Å². The van der Waals surface area contributed by atoms with Gasteiger partial charge in [-0.2, -0.15) is 0 Å². The maximum absolute atomic E-state index is 13.1. The topological polar surface area (TPSA) is 100 Å². The lowest BCUT2D eigenvalue weighted by molar-refractivity contribution is -0.145. The molecule has 0 bridgehead atoms. The molecule has 0 radical (unpaired) electrons. The highest BCUT2D eigenvalue weighted by atomic mass is 31.2. The van der Waals surface area contributed by atoms with Gasteiger partial charge in [-0.1, -0.05) is 30.3 Å². The van der Waals surface area contributed by atoms with E-state index in [0.717, 1.165) is 5.56 Å². The molecule has 0 aromatic heterocycles. The smallest absolute Gasteiger partial charge is 0.408 e. The zero-order chi connectivity index (χ0) is 20.5. The Morgan fingerprint density at radius 1 is 1.07 bits per heavy atom. The molecule has 0 saturated carbocycles. The molecule has 1 rings (SSSR count). The van der Waals surface area contributed by atoms with E-state index in [-0.39, 0.29) is 19.8 Å². The maximum atomic E-state index is 13.1. The predicted octanol–water partition coefficient (Wildman–Crippen LogP) is 3.85.